The van der Waals surface area contributed by atoms with Crippen LogP contribution in [0.5, 0.6) is 0 Å². The van der Waals surface area contributed by atoms with Crippen molar-refractivity contribution >= 4 is 34.8 Å². The molecule has 1 saturated heterocycles. The second kappa shape index (κ2) is 5.81. The van der Waals surface area contributed by atoms with E-state index in [9.17, 15) is 9.59 Å². The summed E-state index contributed by atoms with van der Waals surface area (Å²) in [5, 5.41) is 3.67. The zero-order valence-corrected chi connectivity index (χ0v) is 12.8. The predicted octanol–water partition coefficient (Wildman–Crippen LogP) is 3.39. The Balaban J connectivity index is 1.84. The number of para-hydroxylation sites is 1. The largest absolute Gasteiger partial charge is 0.373 e. The second-order valence-corrected chi connectivity index (χ2v) is 5.70. The van der Waals surface area contributed by atoms with Crippen molar-refractivity contribution in [2.24, 2.45) is 0 Å². The van der Waals surface area contributed by atoms with Crippen LogP contribution >= 0.6 is 11.6 Å². The molecule has 1 fully saturated rings. The van der Waals surface area contributed by atoms with Crippen LogP contribution in [0.1, 0.15) is 12.0 Å². The number of amides is 2. The lowest BCUT2D eigenvalue weighted by atomic mass is 10.2. The van der Waals surface area contributed by atoms with E-state index in [4.69, 9.17) is 11.6 Å². The highest BCUT2D eigenvalue weighted by Crippen LogP contribution is 2.27. The summed E-state index contributed by atoms with van der Waals surface area (Å²) >= 11 is 5.94. The minimum atomic E-state index is -0.564. The van der Waals surface area contributed by atoms with Gasteiger partial charge in [0.05, 0.1) is 12.1 Å². The molecular weight excluding hydrogens is 300 g/mol. The molecule has 22 heavy (non-hydrogen) atoms. The van der Waals surface area contributed by atoms with E-state index in [1.165, 1.54) is 4.90 Å². The van der Waals surface area contributed by atoms with E-state index in [0.717, 1.165) is 11.3 Å². The fourth-order valence-corrected chi connectivity index (χ4v) is 2.78. The quantitative estimate of drug-likeness (QED) is 0.883. The Morgan fingerprint density at radius 2 is 1.91 bits per heavy atom. The number of imide groups is 1. The molecule has 1 unspecified atom stereocenters. The van der Waals surface area contributed by atoms with Crippen molar-refractivity contribution < 1.29 is 9.59 Å². The monoisotopic (exact) mass is 314 g/mol. The van der Waals surface area contributed by atoms with E-state index in [1.807, 2.05) is 31.2 Å². The number of aryl methyl sites for hydroxylation is 1. The molecule has 0 bridgehead atoms. The van der Waals surface area contributed by atoms with Crippen LogP contribution in [0.4, 0.5) is 11.4 Å². The molecule has 1 aliphatic rings. The van der Waals surface area contributed by atoms with Gasteiger partial charge >= 0.3 is 0 Å². The average Bonchev–Trinajstić information content (AvgIpc) is 2.74. The highest BCUT2D eigenvalue weighted by molar-refractivity contribution is 6.30. The molecule has 1 aliphatic heterocycles. The number of rotatable bonds is 3. The van der Waals surface area contributed by atoms with Gasteiger partial charge in [0.1, 0.15) is 6.04 Å². The van der Waals surface area contributed by atoms with Crippen LogP contribution in [-0.2, 0) is 9.59 Å². The Bertz CT molecular complexity index is 745. The van der Waals surface area contributed by atoms with Crippen LogP contribution in [0.25, 0.3) is 0 Å². The third-order valence-electron chi connectivity index (χ3n) is 3.67. The van der Waals surface area contributed by atoms with Crippen LogP contribution < -0.4 is 10.2 Å². The van der Waals surface area contributed by atoms with Gasteiger partial charge in [-0.1, -0.05) is 35.9 Å². The van der Waals surface area contributed by atoms with Gasteiger partial charge in [0.25, 0.3) is 5.91 Å². The first-order chi connectivity index (χ1) is 10.6. The van der Waals surface area contributed by atoms with Crippen molar-refractivity contribution in [3.8, 4) is 0 Å². The summed E-state index contributed by atoms with van der Waals surface area (Å²) in [6, 6.07) is 13.9. The molecule has 4 nitrogen and oxygen atoms in total. The summed E-state index contributed by atoms with van der Waals surface area (Å²) in [6.07, 6.45) is 0.139. The van der Waals surface area contributed by atoms with Gasteiger partial charge in [0.2, 0.25) is 5.91 Å². The highest BCUT2D eigenvalue weighted by Gasteiger charge is 2.40. The third-order valence-corrected chi connectivity index (χ3v) is 3.90. The molecule has 0 saturated carbocycles. The second-order valence-electron chi connectivity index (χ2n) is 5.27. The van der Waals surface area contributed by atoms with Crippen molar-refractivity contribution in [2.75, 3.05) is 10.2 Å². The molecule has 0 spiro atoms. The summed E-state index contributed by atoms with van der Waals surface area (Å²) in [7, 11) is 0. The number of nitrogens with zero attached hydrogens (tertiary/aromatic N) is 1. The molecule has 2 aromatic rings. The van der Waals surface area contributed by atoms with Gasteiger partial charge in [0, 0.05) is 10.7 Å². The summed E-state index contributed by atoms with van der Waals surface area (Å²) < 4.78 is 0. The Hall–Kier alpha value is -2.33. The SMILES string of the molecule is Cc1ccccc1N1C(=O)CC(Nc2cccc(Cl)c2)C1=O. The van der Waals surface area contributed by atoms with Gasteiger partial charge in [-0.25, -0.2) is 4.90 Å². The van der Waals surface area contributed by atoms with Crippen LogP contribution in [0.3, 0.4) is 0 Å². The topological polar surface area (TPSA) is 49.4 Å². The molecule has 3 rings (SSSR count). The summed E-state index contributed by atoms with van der Waals surface area (Å²) in [5.74, 6) is -0.432. The number of carbonyl (C=O) groups is 2. The van der Waals surface area contributed by atoms with Crippen molar-refractivity contribution in [1.82, 2.24) is 0 Å². The van der Waals surface area contributed by atoms with E-state index < -0.39 is 6.04 Å². The predicted molar refractivity (Wildman–Crippen MR) is 87.2 cm³/mol. The molecular formula is C17H15ClN2O2. The zero-order chi connectivity index (χ0) is 15.7. The molecule has 1 heterocycles. The molecule has 2 amide bonds. The number of benzene rings is 2. The zero-order valence-electron chi connectivity index (χ0n) is 12.0. The lowest BCUT2D eigenvalue weighted by Crippen LogP contribution is -2.35. The standard InChI is InChI=1S/C17H15ClN2O2/c1-11-5-2-3-8-15(11)20-16(21)10-14(17(20)22)19-13-7-4-6-12(18)9-13/h2-9,14,19H,10H2,1H3. The van der Waals surface area contributed by atoms with E-state index in [-0.39, 0.29) is 18.2 Å². The maximum atomic E-state index is 12.6. The Morgan fingerprint density at radius 1 is 1.14 bits per heavy atom. The Morgan fingerprint density at radius 3 is 2.64 bits per heavy atom. The van der Waals surface area contributed by atoms with Crippen molar-refractivity contribution in [2.45, 2.75) is 19.4 Å². The van der Waals surface area contributed by atoms with Crippen LogP contribution in [0, 0.1) is 6.92 Å². The normalized spacial score (nSPS) is 17.9. The smallest absolute Gasteiger partial charge is 0.256 e. The van der Waals surface area contributed by atoms with E-state index in [1.54, 1.807) is 24.3 Å². The molecule has 0 radical (unpaired) electrons. The Kier molecular flexibility index (Phi) is 3.86. The number of halogens is 1. The van der Waals surface area contributed by atoms with E-state index in [2.05, 4.69) is 5.32 Å². The number of hydrogen-bond donors (Lipinski definition) is 1. The molecule has 2 aromatic carbocycles. The first-order valence-electron chi connectivity index (χ1n) is 7.01. The fourth-order valence-electron chi connectivity index (χ4n) is 2.59. The van der Waals surface area contributed by atoms with Gasteiger partial charge in [-0.05, 0) is 36.8 Å². The first kappa shape index (κ1) is 14.6. The molecule has 0 aromatic heterocycles. The maximum Gasteiger partial charge on any atom is 0.256 e. The number of nitrogens with one attached hydrogen (secondary N) is 1. The molecule has 112 valence electrons. The van der Waals surface area contributed by atoms with Gasteiger partial charge in [-0.15, -0.1) is 0 Å². The van der Waals surface area contributed by atoms with Crippen molar-refractivity contribution in [1.29, 1.82) is 0 Å². The summed E-state index contributed by atoms with van der Waals surface area (Å²) in [4.78, 5) is 26.1. The number of hydrogen-bond acceptors (Lipinski definition) is 3. The van der Waals surface area contributed by atoms with Crippen molar-refractivity contribution in [3.05, 3.63) is 59.1 Å². The minimum absolute atomic E-state index is 0.139. The Labute approximate surface area is 133 Å². The average molecular weight is 315 g/mol. The van der Waals surface area contributed by atoms with Gasteiger partial charge < -0.3 is 5.32 Å². The van der Waals surface area contributed by atoms with Gasteiger partial charge in [-0.2, -0.15) is 0 Å². The van der Waals surface area contributed by atoms with Crippen LogP contribution in [-0.4, -0.2) is 17.9 Å². The summed E-state index contributed by atoms with van der Waals surface area (Å²) in [6.45, 7) is 1.88. The van der Waals surface area contributed by atoms with Gasteiger partial charge in [-0.3, -0.25) is 9.59 Å². The van der Waals surface area contributed by atoms with E-state index >= 15 is 0 Å². The van der Waals surface area contributed by atoms with E-state index in [0.29, 0.717) is 10.7 Å². The third kappa shape index (κ3) is 2.70. The minimum Gasteiger partial charge on any atom is -0.373 e. The highest BCUT2D eigenvalue weighted by atomic mass is 35.5. The van der Waals surface area contributed by atoms with Gasteiger partial charge in [0.15, 0.2) is 0 Å². The number of anilines is 2. The summed E-state index contributed by atoms with van der Waals surface area (Å²) in [5.41, 5.74) is 2.27. The maximum absolute atomic E-state index is 12.6. The molecule has 1 N–H and O–H groups in total. The lowest BCUT2D eigenvalue weighted by molar-refractivity contribution is -0.121. The molecule has 1 atom stereocenters. The van der Waals surface area contributed by atoms with Crippen molar-refractivity contribution in [3.63, 3.8) is 0 Å². The number of carbonyl (C=O) groups excluding carboxylic acids is 2. The molecule has 0 aliphatic carbocycles. The van der Waals surface area contributed by atoms with Crippen LogP contribution in [0.15, 0.2) is 48.5 Å². The fraction of sp³-hybridized carbons (Fsp3) is 0.176. The first-order valence-corrected chi connectivity index (χ1v) is 7.38. The lowest BCUT2D eigenvalue weighted by Gasteiger charge is -2.18. The van der Waals surface area contributed by atoms with Crippen LogP contribution in [0.2, 0.25) is 5.02 Å². The molecule has 5 heteroatoms.